The molecule has 0 atom stereocenters. The van der Waals surface area contributed by atoms with E-state index in [-0.39, 0.29) is 0 Å². The van der Waals surface area contributed by atoms with Crippen LogP contribution in [0.4, 0.5) is 15.5 Å². The number of ether oxygens (including phenoxy) is 1. The minimum atomic E-state index is -0.486. The van der Waals surface area contributed by atoms with Crippen LogP contribution in [0.25, 0.3) is 0 Å². The molecule has 2 aromatic heterocycles. The first-order valence-electron chi connectivity index (χ1n) is 5.34. The predicted molar refractivity (Wildman–Crippen MR) is 72.5 cm³/mol. The fourth-order valence-electron chi connectivity index (χ4n) is 1.38. The zero-order chi connectivity index (χ0) is 13.7. The summed E-state index contributed by atoms with van der Waals surface area (Å²) in [7, 11) is 1.29. The van der Waals surface area contributed by atoms with E-state index in [0.717, 1.165) is 0 Å². The van der Waals surface area contributed by atoms with Gasteiger partial charge in [-0.1, -0.05) is 0 Å². The summed E-state index contributed by atoms with van der Waals surface area (Å²) in [5.74, 6) is -0.486. The van der Waals surface area contributed by atoms with Gasteiger partial charge in [0, 0.05) is 18.1 Å². The van der Waals surface area contributed by atoms with E-state index in [1.54, 1.807) is 36.0 Å². The van der Waals surface area contributed by atoms with Gasteiger partial charge in [0.05, 0.1) is 12.7 Å². The number of anilines is 2. The maximum Gasteiger partial charge on any atom is 0.340 e. The first-order chi connectivity index (χ1) is 9.20. The van der Waals surface area contributed by atoms with Crippen LogP contribution in [0.3, 0.4) is 0 Å². The van der Waals surface area contributed by atoms with Crippen LogP contribution in [-0.4, -0.2) is 24.1 Å². The maximum atomic E-state index is 11.8. The van der Waals surface area contributed by atoms with Crippen molar-refractivity contribution in [3.05, 3.63) is 41.5 Å². The van der Waals surface area contributed by atoms with Crippen molar-refractivity contribution in [3.8, 4) is 0 Å². The van der Waals surface area contributed by atoms with Crippen molar-refractivity contribution >= 4 is 34.0 Å². The lowest BCUT2D eigenvalue weighted by atomic mass is 10.3. The van der Waals surface area contributed by atoms with Crippen LogP contribution in [0.5, 0.6) is 0 Å². The molecule has 0 fully saturated rings. The molecule has 0 radical (unpaired) electrons. The molecule has 0 aliphatic heterocycles. The van der Waals surface area contributed by atoms with Crippen LogP contribution in [0.15, 0.2) is 36.0 Å². The molecule has 0 spiro atoms. The van der Waals surface area contributed by atoms with Crippen molar-refractivity contribution in [1.29, 1.82) is 0 Å². The summed E-state index contributed by atoms with van der Waals surface area (Å²) >= 11 is 1.25. The highest BCUT2D eigenvalue weighted by atomic mass is 32.1. The molecular formula is C12H11N3O3S. The zero-order valence-corrected chi connectivity index (χ0v) is 10.9. The largest absolute Gasteiger partial charge is 0.465 e. The summed E-state index contributed by atoms with van der Waals surface area (Å²) in [5, 5.41) is 7.38. The van der Waals surface area contributed by atoms with Gasteiger partial charge in [-0.15, -0.1) is 11.3 Å². The van der Waals surface area contributed by atoms with E-state index in [9.17, 15) is 9.59 Å². The number of aromatic nitrogens is 1. The van der Waals surface area contributed by atoms with Gasteiger partial charge in [-0.2, -0.15) is 0 Å². The Hall–Kier alpha value is -2.41. The highest BCUT2D eigenvalue weighted by Gasteiger charge is 2.15. The molecule has 2 amide bonds. The normalized spacial score (nSPS) is 9.74. The number of urea groups is 1. The number of rotatable bonds is 3. The number of carbonyl (C=O) groups excluding carboxylic acids is 2. The zero-order valence-electron chi connectivity index (χ0n) is 10.0. The summed E-state index contributed by atoms with van der Waals surface area (Å²) in [4.78, 5) is 27.0. The second-order valence-electron chi connectivity index (χ2n) is 3.47. The number of nitrogens with zero attached hydrogens (tertiary/aromatic N) is 1. The Balaban J connectivity index is 2.04. The summed E-state index contributed by atoms with van der Waals surface area (Å²) in [5.41, 5.74) is 0.945. The summed E-state index contributed by atoms with van der Waals surface area (Å²) < 4.78 is 4.62. The fourth-order valence-corrected chi connectivity index (χ4v) is 2.15. The Labute approximate surface area is 113 Å². The molecule has 98 valence electrons. The van der Waals surface area contributed by atoms with E-state index in [0.29, 0.717) is 16.3 Å². The third-order valence-electron chi connectivity index (χ3n) is 2.24. The van der Waals surface area contributed by atoms with Gasteiger partial charge in [0.1, 0.15) is 5.00 Å². The molecule has 2 heterocycles. The average Bonchev–Trinajstić information content (AvgIpc) is 2.87. The van der Waals surface area contributed by atoms with Crippen molar-refractivity contribution in [2.24, 2.45) is 0 Å². The van der Waals surface area contributed by atoms with Gasteiger partial charge in [-0.05, 0) is 23.6 Å². The summed E-state index contributed by atoms with van der Waals surface area (Å²) in [6, 6.07) is 4.49. The van der Waals surface area contributed by atoms with E-state index in [1.807, 2.05) is 0 Å². The monoisotopic (exact) mass is 277 g/mol. The summed E-state index contributed by atoms with van der Waals surface area (Å²) in [6.45, 7) is 0. The Bertz CT molecular complexity index is 583. The number of methoxy groups -OCH3 is 1. The number of carbonyl (C=O) groups is 2. The molecule has 19 heavy (non-hydrogen) atoms. The molecule has 0 bridgehead atoms. The third kappa shape index (κ3) is 3.29. The minimum absolute atomic E-state index is 0.331. The number of esters is 1. The topological polar surface area (TPSA) is 80.3 Å². The average molecular weight is 277 g/mol. The lowest BCUT2D eigenvalue weighted by Gasteiger charge is -2.07. The molecule has 0 aliphatic rings. The van der Waals surface area contributed by atoms with Gasteiger partial charge in [-0.25, -0.2) is 9.59 Å². The molecule has 6 nitrogen and oxygen atoms in total. The number of pyridine rings is 1. The number of amides is 2. The maximum absolute atomic E-state index is 11.8. The molecule has 2 aromatic rings. The van der Waals surface area contributed by atoms with Crippen LogP contribution < -0.4 is 10.6 Å². The highest BCUT2D eigenvalue weighted by Crippen LogP contribution is 2.24. The number of thiophene rings is 1. The van der Waals surface area contributed by atoms with Crippen LogP contribution in [-0.2, 0) is 4.74 Å². The molecule has 0 aliphatic carbocycles. The highest BCUT2D eigenvalue weighted by molar-refractivity contribution is 7.14. The molecule has 2 rings (SSSR count). The van der Waals surface area contributed by atoms with E-state index >= 15 is 0 Å². The number of hydrogen-bond acceptors (Lipinski definition) is 5. The van der Waals surface area contributed by atoms with Gasteiger partial charge in [0.25, 0.3) is 0 Å². The lowest BCUT2D eigenvalue weighted by molar-refractivity contribution is 0.0602. The fraction of sp³-hybridized carbons (Fsp3) is 0.0833. The molecule has 0 unspecified atom stereocenters. The van der Waals surface area contributed by atoms with Gasteiger partial charge in [0.2, 0.25) is 0 Å². The van der Waals surface area contributed by atoms with Crippen molar-refractivity contribution < 1.29 is 14.3 Å². The predicted octanol–water partition coefficient (Wildman–Crippen LogP) is 2.57. The van der Waals surface area contributed by atoms with E-state index < -0.39 is 12.0 Å². The Morgan fingerprint density at radius 3 is 2.63 bits per heavy atom. The van der Waals surface area contributed by atoms with E-state index in [4.69, 9.17) is 0 Å². The Morgan fingerprint density at radius 1 is 1.21 bits per heavy atom. The minimum Gasteiger partial charge on any atom is -0.465 e. The third-order valence-corrected chi connectivity index (χ3v) is 3.07. The number of nitrogens with one attached hydrogen (secondary N) is 2. The Morgan fingerprint density at radius 2 is 1.95 bits per heavy atom. The van der Waals surface area contributed by atoms with Crippen LogP contribution in [0, 0.1) is 0 Å². The van der Waals surface area contributed by atoms with Crippen LogP contribution in [0.2, 0.25) is 0 Å². The van der Waals surface area contributed by atoms with Gasteiger partial charge in [-0.3, -0.25) is 10.3 Å². The standard InChI is InChI=1S/C12H11N3O3S/c1-18-11(16)9-4-7-19-10(9)15-12(17)14-8-2-5-13-6-3-8/h2-7H,1H3,(H2,13,14,15,17). The lowest BCUT2D eigenvalue weighted by Crippen LogP contribution is -2.20. The van der Waals surface area contributed by atoms with Crippen molar-refractivity contribution in [3.63, 3.8) is 0 Å². The van der Waals surface area contributed by atoms with Crippen LogP contribution >= 0.6 is 11.3 Å². The number of hydrogen-bond donors (Lipinski definition) is 2. The van der Waals surface area contributed by atoms with E-state index in [1.165, 1.54) is 18.4 Å². The first kappa shape index (κ1) is 13.0. The molecular weight excluding hydrogens is 266 g/mol. The van der Waals surface area contributed by atoms with E-state index in [2.05, 4.69) is 20.4 Å². The smallest absolute Gasteiger partial charge is 0.340 e. The van der Waals surface area contributed by atoms with Gasteiger partial charge >= 0.3 is 12.0 Å². The second-order valence-corrected chi connectivity index (χ2v) is 4.39. The Kier molecular flexibility index (Phi) is 4.09. The quantitative estimate of drug-likeness (QED) is 0.845. The first-order valence-corrected chi connectivity index (χ1v) is 6.22. The van der Waals surface area contributed by atoms with Crippen molar-refractivity contribution in [2.75, 3.05) is 17.7 Å². The van der Waals surface area contributed by atoms with Gasteiger partial charge in [0.15, 0.2) is 0 Å². The summed E-state index contributed by atoms with van der Waals surface area (Å²) in [6.07, 6.45) is 3.14. The van der Waals surface area contributed by atoms with Crippen molar-refractivity contribution in [1.82, 2.24) is 4.98 Å². The van der Waals surface area contributed by atoms with Crippen LogP contribution in [0.1, 0.15) is 10.4 Å². The molecule has 2 N–H and O–H groups in total. The molecule has 0 saturated heterocycles. The van der Waals surface area contributed by atoms with Crippen molar-refractivity contribution in [2.45, 2.75) is 0 Å². The molecule has 0 saturated carbocycles. The second kappa shape index (κ2) is 5.96. The SMILES string of the molecule is COC(=O)c1ccsc1NC(=O)Nc1ccncc1. The molecule has 7 heteroatoms. The van der Waals surface area contributed by atoms with Gasteiger partial charge < -0.3 is 10.1 Å². The molecule has 0 aromatic carbocycles.